The highest BCUT2D eigenvalue weighted by atomic mass is 32.2. The Morgan fingerprint density at radius 2 is 0.525 bits per heavy atom. The van der Waals surface area contributed by atoms with E-state index in [0.29, 0.717) is 29.8 Å². The largest absolute Gasteiger partial charge is 0.383 e. The molecule has 0 amide bonds. The van der Waals surface area contributed by atoms with Gasteiger partial charge in [-0.1, -0.05) is 214 Å². The first-order valence-corrected chi connectivity index (χ1v) is 55.7. The molecule has 666 valence electrons. The average molecular weight is 1790 g/mol. The van der Waals surface area contributed by atoms with Crippen LogP contribution in [0.2, 0.25) is 0 Å². The molecule has 4 aromatic carbocycles. The van der Waals surface area contributed by atoms with Crippen LogP contribution in [0.1, 0.15) is 316 Å². The molecule has 3 aromatic heterocycles. The topological polar surface area (TPSA) is 194 Å². The van der Waals surface area contributed by atoms with Crippen LogP contribution in [0.4, 0.5) is 39.8 Å². The predicted octanol–water partition coefficient (Wildman–Crippen LogP) is 31.3. The van der Waals surface area contributed by atoms with Crippen LogP contribution in [0.5, 0.6) is 0 Å². The number of nitrogens with zero attached hydrogens (tertiary/aromatic N) is 7. The lowest BCUT2D eigenvalue weighted by molar-refractivity contribution is 0.769. The average Bonchev–Trinajstić information content (AvgIpc) is 1.55. The number of aromatic nitrogens is 8. The summed E-state index contributed by atoms with van der Waals surface area (Å²) in [7, 11) is 0. The van der Waals surface area contributed by atoms with Gasteiger partial charge in [0.15, 0.2) is 34.6 Å². The van der Waals surface area contributed by atoms with E-state index in [4.69, 9.17) is 29.9 Å². The molecular formula is C96H154N16S8. The highest BCUT2D eigenvalue weighted by Gasteiger charge is 2.37. The van der Waals surface area contributed by atoms with Crippen LogP contribution in [-0.2, 0) is 0 Å². The highest BCUT2D eigenvalue weighted by Crippen LogP contribution is 2.59. The summed E-state index contributed by atoms with van der Waals surface area (Å²) in [5.74, 6) is 10.6. The van der Waals surface area contributed by atoms with Crippen molar-refractivity contribution in [1.82, 2.24) is 39.6 Å². The van der Waals surface area contributed by atoms with Gasteiger partial charge in [0.2, 0.25) is 0 Å². The van der Waals surface area contributed by atoms with Crippen molar-refractivity contribution in [1.29, 1.82) is 0 Å². The molecule has 0 saturated carbocycles. The molecule has 2 aliphatic heterocycles. The fourth-order valence-corrected chi connectivity index (χ4v) is 26.3. The van der Waals surface area contributed by atoms with E-state index >= 15 is 0 Å². The summed E-state index contributed by atoms with van der Waals surface area (Å²) < 4.78 is 2.31. The number of nitrogens with one attached hydrogen (secondary N) is 9. The van der Waals surface area contributed by atoms with Gasteiger partial charge in [0.25, 0.3) is 0 Å². The fourth-order valence-electron chi connectivity index (χ4n) is 14.7. The fraction of sp³-hybridized carbons (Fsp3) is 0.667. The summed E-state index contributed by atoms with van der Waals surface area (Å²) in [5, 5.41) is 33.6. The van der Waals surface area contributed by atoms with Crippen molar-refractivity contribution in [3.63, 3.8) is 0 Å². The molecule has 16 nitrogen and oxygen atoms in total. The van der Waals surface area contributed by atoms with E-state index in [9.17, 15) is 0 Å². The van der Waals surface area contributed by atoms with Gasteiger partial charge in [0.05, 0.1) is 56.1 Å². The van der Waals surface area contributed by atoms with Crippen LogP contribution in [0, 0.1) is 0 Å². The Morgan fingerprint density at radius 1 is 0.250 bits per heavy atom. The van der Waals surface area contributed by atoms with Crippen LogP contribution >= 0.6 is 94.1 Å². The third-order valence-corrected chi connectivity index (χ3v) is 32.1. The Kier molecular flexibility index (Phi) is 45.6. The van der Waals surface area contributed by atoms with E-state index in [2.05, 4.69) is 216 Å². The zero-order valence-electron chi connectivity index (χ0n) is 76.9. The van der Waals surface area contributed by atoms with E-state index < -0.39 is 0 Å². The SMILES string of the molecule is CCCCNc1cc2c(c(NCCCC)c1NCCCC)-c1nc-2nc2[nH]c(nc3nc(nc4c5c(NCCCC)c(NCCCC)c(NCCCC)c(NCCCC)c5c(n1)n4NCCCC)-c1c(SCCCC)c(SCCCC)c(SCCCC)c(SCCCC)c1-3)c1c(SCCCC)c(SCCCC)c(SCCCC)c(SCCCC)c21. The van der Waals surface area contributed by atoms with E-state index in [-0.39, 0.29) is 0 Å². The zero-order chi connectivity index (χ0) is 85.4. The Hall–Kier alpha value is -4.56. The quantitative estimate of drug-likeness (QED) is 0.0129. The van der Waals surface area contributed by atoms with Crippen molar-refractivity contribution in [2.24, 2.45) is 0 Å². The highest BCUT2D eigenvalue weighted by molar-refractivity contribution is 8.05. The van der Waals surface area contributed by atoms with Crippen LogP contribution < -0.4 is 42.6 Å². The zero-order valence-corrected chi connectivity index (χ0v) is 83.4. The van der Waals surface area contributed by atoms with Crippen molar-refractivity contribution in [3.8, 4) is 45.6 Å². The second kappa shape index (κ2) is 55.1. The molecule has 0 atom stereocenters. The number of aromatic amines is 1. The summed E-state index contributed by atoms with van der Waals surface area (Å²) >= 11 is 16.5. The molecule has 0 aliphatic carbocycles. The lowest BCUT2D eigenvalue weighted by Crippen LogP contribution is -2.17. The standard InChI is InChI=1S/C96H154N16S8/c1-17-33-49-97-67-65-66-68(76(99-51-35-19-3)75(67)98-50-34-18-2)90-105-89(66)106-91-71-72(82(114-58-42-26-10)86(118-62-46-30-14)85(117-61-45-29-13)81(71)113-57-41-25-9)92(107-91)108-93-73-74(84(116-60-44-28-12)88(120-64-48-32-16)87(119-63-47-31-15)83(73)115-59-43-27-11)94(109-93)111-96-70-69(95(110-90)112(96)104-56-40-24-8)77(100-52-36-20-4)79(102-54-38-22-6)80(103-55-39-23-7)78(70)101-53-37-21-5/h65,97-104H,17-64H2,1-16H3,(H,105,106,107,108,109,110,111). The van der Waals surface area contributed by atoms with E-state index in [1.54, 1.807) is 0 Å². The molecule has 0 fully saturated rings. The molecule has 120 heavy (non-hydrogen) atoms. The van der Waals surface area contributed by atoms with Crippen LogP contribution in [0.3, 0.4) is 0 Å². The normalized spacial score (nSPS) is 11.9. The van der Waals surface area contributed by atoms with Crippen molar-refractivity contribution in [2.75, 3.05) is 141 Å². The lowest BCUT2D eigenvalue weighted by Gasteiger charge is -2.24. The number of fused-ring (bicyclic) bond motifs is 20. The maximum absolute atomic E-state index is 6.59. The van der Waals surface area contributed by atoms with Crippen molar-refractivity contribution < 1.29 is 0 Å². The third-order valence-electron chi connectivity index (χ3n) is 21.8. The molecule has 24 heteroatoms. The van der Waals surface area contributed by atoms with Crippen LogP contribution in [-0.4, -0.2) is 138 Å². The van der Waals surface area contributed by atoms with Crippen molar-refractivity contribution in [3.05, 3.63) is 6.07 Å². The van der Waals surface area contributed by atoms with E-state index in [1.807, 2.05) is 47.0 Å². The first-order chi connectivity index (χ1) is 59.0. The van der Waals surface area contributed by atoms with Crippen molar-refractivity contribution >= 4 is 178 Å². The molecule has 5 heterocycles. The Bertz CT molecular complexity index is 4470. The van der Waals surface area contributed by atoms with Crippen LogP contribution in [0.25, 0.3) is 89.7 Å². The lowest BCUT2D eigenvalue weighted by atomic mass is 10.0. The molecule has 7 aromatic rings. The summed E-state index contributed by atoms with van der Waals surface area (Å²) in [6.45, 7) is 43.4. The van der Waals surface area contributed by atoms with Gasteiger partial charge in [0.1, 0.15) is 11.3 Å². The second-order valence-electron chi connectivity index (χ2n) is 32.1. The number of thioether (sulfide) groups is 8. The number of rotatable bonds is 64. The Balaban J connectivity index is 1.78. The van der Waals surface area contributed by atoms with E-state index in [0.717, 1.165) is 404 Å². The number of hydrogen-bond acceptors (Lipinski definition) is 22. The minimum absolute atomic E-state index is 0.604. The van der Waals surface area contributed by atoms with Gasteiger partial charge in [-0.2, -0.15) is 0 Å². The molecule has 2 aliphatic rings. The maximum atomic E-state index is 6.59. The number of unbranched alkanes of at least 4 members (excludes halogenated alkanes) is 16. The van der Waals surface area contributed by atoms with Gasteiger partial charge in [-0.15, -0.1) is 94.1 Å². The molecule has 0 radical (unpaired) electrons. The first-order valence-electron chi connectivity index (χ1n) is 47.8. The van der Waals surface area contributed by atoms with Gasteiger partial charge in [0, 0.05) is 119 Å². The number of benzene rings is 4. The minimum Gasteiger partial charge on any atom is -0.383 e. The van der Waals surface area contributed by atoms with E-state index in [1.165, 1.54) is 39.2 Å². The molecule has 8 bridgehead atoms. The summed E-state index contributed by atoms with van der Waals surface area (Å²) in [6, 6.07) is 2.38. The van der Waals surface area contributed by atoms with Gasteiger partial charge in [-0.05, 0) is 155 Å². The summed E-state index contributed by atoms with van der Waals surface area (Å²) in [6.07, 6.45) is 34.0. The predicted molar refractivity (Wildman–Crippen MR) is 548 cm³/mol. The smallest absolute Gasteiger partial charge is 0.167 e. The van der Waals surface area contributed by atoms with Gasteiger partial charge >= 0.3 is 0 Å². The second-order valence-corrected chi connectivity index (χ2v) is 40.9. The molecule has 0 spiro atoms. The van der Waals surface area contributed by atoms with Crippen LogP contribution in [0.15, 0.2) is 45.2 Å². The Labute approximate surface area is 759 Å². The molecule has 0 saturated heterocycles. The molecule has 0 unspecified atom stereocenters. The monoisotopic (exact) mass is 1790 g/mol. The number of H-pyrrole nitrogens is 1. The molecule has 9 rings (SSSR count). The first kappa shape index (κ1) is 99.2. The van der Waals surface area contributed by atoms with Gasteiger partial charge in [-0.25, -0.2) is 34.6 Å². The summed E-state index contributed by atoms with van der Waals surface area (Å²) in [4.78, 5) is 53.4. The van der Waals surface area contributed by atoms with Gasteiger partial charge in [-0.3, -0.25) is 0 Å². The van der Waals surface area contributed by atoms with Gasteiger partial charge < -0.3 is 47.6 Å². The third kappa shape index (κ3) is 25.9. The Morgan fingerprint density at radius 3 is 0.892 bits per heavy atom. The molecular weight excluding hydrogens is 1630 g/mol. The number of anilines is 7. The summed E-state index contributed by atoms with van der Waals surface area (Å²) in [5.41, 5.74) is 18.6. The minimum atomic E-state index is 0.604. The molecule has 9 N–H and O–H groups in total. The van der Waals surface area contributed by atoms with Crippen molar-refractivity contribution in [2.45, 2.75) is 355 Å². The maximum Gasteiger partial charge on any atom is 0.167 e. The number of hydrogen-bond donors (Lipinski definition) is 9.